The van der Waals surface area contributed by atoms with E-state index in [1.54, 1.807) is 11.3 Å². The second-order valence-electron chi connectivity index (χ2n) is 5.16. The number of hydrogen-bond donors (Lipinski definition) is 2. The lowest BCUT2D eigenvalue weighted by molar-refractivity contribution is 0.102. The van der Waals surface area contributed by atoms with Gasteiger partial charge in [-0.25, -0.2) is 9.97 Å². The molecule has 6 heteroatoms. The third kappa shape index (κ3) is 2.67. The topological polar surface area (TPSA) is 70.7 Å². The molecule has 0 unspecified atom stereocenters. The summed E-state index contributed by atoms with van der Waals surface area (Å²) in [4.78, 5) is 25.2. The number of carbonyl (C=O) groups is 1. The number of aromatic nitrogens is 3. The molecule has 1 amide bonds. The van der Waals surface area contributed by atoms with E-state index in [2.05, 4.69) is 34.1 Å². The van der Waals surface area contributed by atoms with Crippen LogP contribution < -0.4 is 5.32 Å². The number of amides is 1. The molecule has 108 valence electrons. The average Bonchev–Trinajstić information content (AvgIpc) is 3.01. The Bertz CT molecular complexity index is 770. The molecule has 0 spiro atoms. The zero-order valence-corrected chi connectivity index (χ0v) is 12.9. The summed E-state index contributed by atoms with van der Waals surface area (Å²) < 4.78 is 0. The van der Waals surface area contributed by atoms with Crippen LogP contribution in [-0.4, -0.2) is 20.9 Å². The van der Waals surface area contributed by atoms with Crippen molar-refractivity contribution in [2.24, 2.45) is 0 Å². The van der Waals surface area contributed by atoms with Crippen LogP contribution in [0, 0.1) is 6.92 Å². The minimum Gasteiger partial charge on any atom is -0.324 e. The lowest BCUT2D eigenvalue weighted by Crippen LogP contribution is -2.15. The highest BCUT2D eigenvalue weighted by atomic mass is 32.1. The summed E-state index contributed by atoms with van der Waals surface area (Å²) >= 11 is 1.56. The zero-order valence-electron chi connectivity index (χ0n) is 12.1. The molecule has 0 radical (unpaired) electrons. The number of anilines is 1. The molecule has 0 atom stereocenters. The van der Waals surface area contributed by atoms with Gasteiger partial charge in [0.05, 0.1) is 16.0 Å². The Morgan fingerprint density at radius 2 is 2.05 bits per heavy atom. The number of aryl methyl sites for hydroxylation is 1. The van der Waals surface area contributed by atoms with Crippen molar-refractivity contribution in [2.45, 2.75) is 26.7 Å². The molecular weight excluding hydrogens is 284 g/mol. The summed E-state index contributed by atoms with van der Waals surface area (Å²) in [5, 5.41) is 3.69. The van der Waals surface area contributed by atoms with Crippen LogP contribution in [0.5, 0.6) is 0 Å². The molecule has 0 saturated carbocycles. The number of rotatable bonds is 3. The first-order valence-corrected chi connectivity index (χ1v) is 7.59. The Kier molecular flexibility index (Phi) is 3.47. The first-order valence-electron chi connectivity index (χ1n) is 6.78. The van der Waals surface area contributed by atoms with Crippen molar-refractivity contribution in [3.63, 3.8) is 0 Å². The van der Waals surface area contributed by atoms with Gasteiger partial charge in [-0.05, 0) is 25.0 Å². The number of imidazole rings is 1. The summed E-state index contributed by atoms with van der Waals surface area (Å²) in [7, 11) is 0. The minimum absolute atomic E-state index is 0.220. The second kappa shape index (κ2) is 5.29. The Morgan fingerprint density at radius 1 is 1.29 bits per heavy atom. The van der Waals surface area contributed by atoms with E-state index < -0.39 is 0 Å². The summed E-state index contributed by atoms with van der Waals surface area (Å²) in [6, 6.07) is 7.65. The standard InChI is InChI=1S/C15H16N4OS/c1-8(2)13-12(16-9(3)21-13)14(20)19-15-17-10-6-4-5-7-11(10)18-15/h4-8H,1-3H3,(H2,17,18,19,20). The smallest absolute Gasteiger partial charge is 0.277 e. The third-order valence-corrected chi connectivity index (χ3v) is 4.39. The van der Waals surface area contributed by atoms with Gasteiger partial charge in [0, 0.05) is 4.88 Å². The average molecular weight is 300 g/mol. The van der Waals surface area contributed by atoms with Gasteiger partial charge in [-0.3, -0.25) is 10.1 Å². The van der Waals surface area contributed by atoms with Crippen LogP contribution in [0.15, 0.2) is 24.3 Å². The van der Waals surface area contributed by atoms with E-state index in [-0.39, 0.29) is 11.8 Å². The lowest BCUT2D eigenvalue weighted by Gasteiger charge is -2.04. The summed E-state index contributed by atoms with van der Waals surface area (Å²) in [6.45, 7) is 6.03. The van der Waals surface area contributed by atoms with Crippen LogP contribution >= 0.6 is 11.3 Å². The van der Waals surface area contributed by atoms with Crippen molar-refractivity contribution in [2.75, 3.05) is 5.32 Å². The van der Waals surface area contributed by atoms with Gasteiger partial charge in [0.1, 0.15) is 5.69 Å². The molecule has 5 nitrogen and oxygen atoms in total. The molecule has 0 aliphatic carbocycles. The van der Waals surface area contributed by atoms with Crippen LogP contribution in [0.1, 0.15) is 40.1 Å². The summed E-state index contributed by atoms with van der Waals surface area (Å²) in [5.74, 6) is 0.497. The maximum absolute atomic E-state index is 12.4. The number of para-hydroxylation sites is 2. The van der Waals surface area contributed by atoms with Crippen LogP contribution in [0.2, 0.25) is 0 Å². The molecule has 0 saturated heterocycles. The van der Waals surface area contributed by atoms with Crippen LogP contribution in [-0.2, 0) is 0 Å². The van der Waals surface area contributed by atoms with Gasteiger partial charge in [0.15, 0.2) is 0 Å². The molecule has 2 aromatic heterocycles. The Hall–Kier alpha value is -2.21. The predicted octanol–water partition coefficient (Wildman–Crippen LogP) is 3.70. The highest BCUT2D eigenvalue weighted by Crippen LogP contribution is 2.26. The molecule has 1 aromatic carbocycles. The number of H-pyrrole nitrogens is 1. The van der Waals surface area contributed by atoms with E-state index >= 15 is 0 Å². The SMILES string of the molecule is Cc1nc(C(=O)Nc2nc3ccccc3[nH]2)c(C(C)C)s1. The van der Waals surface area contributed by atoms with Crippen molar-refractivity contribution in [3.8, 4) is 0 Å². The van der Waals surface area contributed by atoms with Gasteiger partial charge in [0.25, 0.3) is 5.91 Å². The Labute approximate surface area is 126 Å². The lowest BCUT2D eigenvalue weighted by atomic mass is 10.1. The Balaban J connectivity index is 1.89. The fourth-order valence-electron chi connectivity index (χ4n) is 2.18. The third-order valence-electron chi connectivity index (χ3n) is 3.12. The van der Waals surface area contributed by atoms with Crippen molar-refractivity contribution in [1.29, 1.82) is 0 Å². The van der Waals surface area contributed by atoms with Crippen LogP contribution in [0.3, 0.4) is 0 Å². The number of nitrogens with one attached hydrogen (secondary N) is 2. The molecule has 2 N–H and O–H groups in total. The number of fused-ring (bicyclic) bond motifs is 1. The van der Waals surface area contributed by atoms with Crippen LogP contribution in [0.25, 0.3) is 11.0 Å². The largest absolute Gasteiger partial charge is 0.324 e. The van der Waals surface area contributed by atoms with Gasteiger partial charge < -0.3 is 4.98 Å². The fourth-order valence-corrected chi connectivity index (χ4v) is 3.10. The van der Waals surface area contributed by atoms with E-state index in [1.165, 1.54) is 0 Å². The number of benzene rings is 1. The molecule has 2 heterocycles. The molecular formula is C15H16N4OS. The van der Waals surface area contributed by atoms with E-state index in [4.69, 9.17) is 0 Å². The fraction of sp³-hybridized carbons (Fsp3) is 0.267. The Morgan fingerprint density at radius 3 is 2.76 bits per heavy atom. The number of nitrogens with zero attached hydrogens (tertiary/aromatic N) is 2. The normalized spacial score (nSPS) is 11.2. The molecule has 3 aromatic rings. The number of hydrogen-bond acceptors (Lipinski definition) is 4. The van der Waals surface area contributed by atoms with E-state index in [0.717, 1.165) is 20.9 Å². The molecule has 21 heavy (non-hydrogen) atoms. The number of aromatic amines is 1. The van der Waals surface area contributed by atoms with Gasteiger partial charge in [-0.15, -0.1) is 11.3 Å². The van der Waals surface area contributed by atoms with Gasteiger partial charge in [-0.2, -0.15) is 0 Å². The molecule has 0 bridgehead atoms. The summed E-state index contributed by atoms with van der Waals surface area (Å²) in [6.07, 6.45) is 0. The molecule has 0 aliphatic heterocycles. The number of carbonyl (C=O) groups excluding carboxylic acids is 1. The quantitative estimate of drug-likeness (QED) is 0.774. The maximum Gasteiger partial charge on any atom is 0.277 e. The van der Waals surface area contributed by atoms with Crippen molar-refractivity contribution in [3.05, 3.63) is 39.8 Å². The van der Waals surface area contributed by atoms with E-state index in [9.17, 15) is 4.79 Å². The van der Waals surface area contributed by atoms with Crippen molar-refractivity contribution < 1.29 is 4.79 Å². The molecule has 3 rings (SSSR count). The zero-order chi connectivity index (χ0) is 15.0. The van der Waals surface area contributed by atoms with Gasteiger partial charge in [-0.1, -0.05) is 26.0 Å². The maximum atomic E-state index is 12.4. The number of thiazole rings is 1. The monoisotopic (exact) mass is 300 g/mol. The van der Waals surface area contributed by atoms with E-state index in [1.807, 2.05) is 31.2 Å². The first kappa shape index (κ1) is 13.8. The van der Waals surface area contributed by atoms with Crippen molar-refractivity contribution in [1.82, 2.24) is 15.0 Å². The molecule has 0 fully saturated rings. The highest BCUT2D eigenvalue weighted by molar-refractivity contribution is 7.12. The highest BCUT2D eigenvalue weighted by Gasteiger charge is 2.20. The van der Waals surface area contributed by atoms with E-state index in [0.29, 0.717) is 11.6 Å². The van der Waals surface area contributed by atoms with Gasteiger partial charge in [0.2, 0.25) is 5.95 Å². The van der Waals surface area contributed by atoms with Gasteiger partial charge >= 0.3 is 0 Å². The minimum atomic E-state index is -0.220. The first-order chi connectivity index (χ1) is 10.0. The molecule has 0 aliphatic rings. The predicted molar refractivity (Wildman–Crippen MR) is 85.0 cm³/mol. The summed E-state index contributed by atoms with van der Waals surface area (Å²) in [5.41, 5.74) is 2.21. The second-order valence-corrected chi connectivity index (χ2v) is 6.39. The van der Waals surface area contributed by atoms with Crippen molar-refractivity contribution >= 4 is 34.2 Å². The van der Waals surface area contributed by atoms with Crippen LogP contribution in [0.4, 0.5) is 5.95 Å².